The molecule has 2 rings (SSSR count). The van der Waals surface area contributed by atoms with Gasteiger partial charge >= 0.3 is 12.1 Å². The number of carbonyl (C=O) groups excluding carboxylic acids is 1. The van der Waals surface area contributed by atoms with Crippen LogP contribution >= 0.6 is 0 Å². The summed E-state index contributed by atoms with van der Waals surface area (Å²) >= 11 is 0. The number of carbonyl (C=O) groups is 2. The highest BCUT2D eigenvalue weighted by atomic mass is 19.4. The van der Waals surface area contributed by atoms with E-state index in [2.05, 4.69) is 0 Å². The fourth-order valence-corrected chi connectivity index (χ4v) is 2.75. The van der Waals surface area contributed by atoms with Gasteiger partial charge in [-0.15, -0.1) is 0 Å². The highest BCUT2D eigenvalue weighted by Crippen LogP contribution is 2.34. The molecule has 0 bridgehead atoms. The number of aliphatic carboxylic acids is 1. The van der Waals surface area contributed by atoms with Crippen LogP contribution in [0.4, 0.5) is 23.2 Å². The Bertz CT molecular complexity index is 932. The van der Waals surface area contributed by atoms with Crippen molar-refractivity contribution in [3.05, 3.63) is 75.6 Å². The van der Waals surface area contributed by atoms with Crippen molar-refractivity contribution in [3.8, 4) is 0 Å². The number of nitrogens with one attached hydrogen (secondary N) is 1. The number of benzene rings is 2. The summed E-state index contributed by atoms with van der Waals surface area (Å²) < 4.78 is 52.7. The molecule has 2 aromatic carbocycles. The third-order valence-electron chi connectivity index (χ3n) is 4.07. The minimum absolute atomic E-state index is 0.354. The van der Waals surface area contributed by atoms with Gasteiger partial charge < -0.3 is 10.4 Å². The zero-order chi connectivity index (χ0) is 21.8. The molecule has 0 aliphatic rings. The molecule has 2 atom stereocenters. The zero-order valence-corrected chi connectivity index (χ0v) is 14.5. The molecule has 29 heavy (non-hydrogen) atoms. The lowest BCUT2D eigenvalue weighted by Gasteiger charge is -2.21. The van der Waals surface area contributed by atoms with E-state index in [9.17, 15) is 42.4 Å². The molecule has 11 heteroatoms. The molecule has 0 fully saturated rings. The molecule has 0 aliphatic heterocycles. The van der Waals surface area contributed by atoms with Gasteiger partial charge in [-0.3, -0.25) is 19.7 Å². The fourth-order valence-electron chi connectivity index (χ4n) is 2.75. The van der Waals surface area contributed by atoms with E-state index in [0.717, 1.165) is 24.3 Å². The molecule has 0 aliphatic carbocycles. The van der Waals surface area contributed by atoms with Crippen molar-refractivity contribution < 1.29 is 37.2 Å². The highest BCUT2D eigenvalue weighted by molar-refractivity contribution is 6.05. The van der Waals surface area contributed by atoms with Gasteiger partial charge in [0.15, 0.2) is 0 Å². The van der Waals surface area contributed by atoms with Crippen molar-refractivity contribution in [2.45, 2.75) is 12.1 Å². The van der Waals surface area contributed by atoms with Crippen LogP contribution in [-0.4, -0.2) is 28.5 Å². The van der Waals surface area contributed by atoms with Crippen LogP contribution < -0.4 is 5.32 Å². The van der Waals surface area contributed by atoms with Gasteiger partial charge in [-0.25, -0.2) is 4.39 Å². The highest BCUT2D eigenvalue weighted by Gasteiger charge is 2.40. The first-order valence-corrected chi connectivity index (χ1v) is 8.08. The van der Waals surface area contributed by atoms with Crippen LogP contribution in [0.2, 0.25) is 0 Å². The van der Waals surface area contributed by atoms with Crippen molar-refractivity contribution in [1.82, 2.24) is 0 Å². The van der Waals surface area contributed by atoms with Crippen LogP contribution in [0.1, 0.15) is 17.0 Å². The van der Waals surface area contributed by atoms with Crippen molar-refractivity contribution in [2.75, 3.05) is 11.9 Å². The van der Waals surface area contributed by atoms with Crippen molar-refractivity contribution in [3.63, 3.8) is 0 Å². The largest absolute Gasteiger partial charge is 0.481 e. The summed E-state index contributed by atoms with van der Waals surface area (Å²) in [6, 6.07) is 8.09. The quantitative estimate of drug-likeness (QED) is 0.312. The molecule has 2 unspecified atom stereocenters. The molecule has 0 radical (unpaired) electrons. The Balaban J connectivity index is 2.46. The summed E-state index contributed by atoms with van der Waals surface area (Å²) in [5.74, 6) is -7.84. The molecule has 2 N–H and O–H groups in total. The van der Waals surface area contributed by atoms with Gasteiger partial charge in [-0.05, 0) is 23.8 Å². The fraction of sp³-hybridized carbons (Fsp3) is 0.222. The van der Waals surface area contributed by atoms with Gasteiger partial charge in [0.2, 0.25) is 12.5 Å². The standard InChI is InChI=1S/C18H14F4N2O5/c19-13-6-1-2-7-14(13)23-16(25)15(17(26)27)12(9-24(28)29)10-4-3-5-11(8-10)18(20,21)22/h1-8,12,15H,9H2,(H,23,25)(H,26,27). The summed E-state index contributed by atoms with van der Waals surface area (Å²) in [4.78, 5) is 34.3. The molecule has 2 aromatic rings. The molecular weight excluding hydrogens is 400 g/mol. The predicted molar refractivity (Wildman–Crippen MR) is 92.2 cm³/mol. The third-order valence-corrected chi connectivity index (χ3v) is 4.07. The van der Waals surface area contributed by atoms with Crippen LogP contribution in [0.25, 0.3) is 0 Å². The first kappa shape index (κ1) is 21.8. The number of rotatable bonds is 7. The summed E-state index contributed by atoms with van der Waals surface area (Å²) in [6.45, 7) is -1.12. The van der Waals surface area contributed by atoms with Gasteiger partial charge in [-0.2, -0.15) is 13.2 Å². The van der Waals surface area contributed by atoms with E-state index in [1.807, 2.05) is 5.32 Å². The number of hydrogen-bond acceptors (Lipinski definition) is 4. The second-order valence-electron chi connectivity index (χ2n) is 6.03. The van der Waals surface area contributed by atoms with Gasteiger partial charge in [0.25, 0.3) is 0 Å². The van der Waals surface area contributed by atoms with Gasteiger partial charge in [-0.1, -0.05) is 30.3 Å². The Kier molecular flexibility index (Phi) is 6.52. The van der Waals surface area contributed by atoms with Gasteiger partial charge in [0.1, 0.15) is 11.7 Å². The van der Waals surface area contributed by atoms with E-state index < -0.39 is 52.7 Å². The summed E-state index contributed by atoms with van der Waals surface area (Å²) in [7, 11) is 0. The Morgan fingerprint density at radius 3 is 2.34 bits per heavy atom. The van der Waals surface area contributed by atoms with Crippen LogP contribution in [0.15, 0.2) is 48.5 Å². The number of para-hydroxylation sites is 1. The maximum Gasteiger partial charge on any atom is 0.416 e. The van der Waals surface area contributed by atoms with Gasteiger partial charge in [0, 0.05) is 4.92 Å². The maximum absolute atomic E-state index is 13.7. The van der Waals surface area contributed by atoms with E-state index in [4.69, 9.17) is 0 Å². The summed E-state index contributed by atoms with van der Waals surface area (Å²) in [5, 5.41) is 22.5. The number of nitro groups is 1. The first-order chi connectivity index (χ1) is 13.5. The number of amides is 1. The van der Waals surface area contributed by atoms with E-state index in [0.29, 0.717) is 12.1 Å². The van der Waals surface area contributed by atoms with Crippen LogP contribution in [0.5, 0.6) is 0 Å². The predicted octanol–water partition coefficient (Wildman–Crippen LogP) is 3.54. The number of nitrogens with zero attached hydrogens (tertiary/aromatic N) is 1. The summed E-state index contributed by atoms with van der Waals surface area (Å²) in [6.07, 6.45) is -4.77. The number of hydrogen-bond donors (Lipinski definition) is 2. The number of anilines is 1. The average molecular weight is 414 g/mol. The Morgan fingerprint density at radius 1 is 1.14 bits per heavy atom. The minimum atomic E-state index is -4.77. The third kappa shape index (κ3) is 5.50. The molecule has 1 amide bonds. The topological polar surface area (TPSA) is 110 Å². The Labute approximate surface area is 161 Å². The number of halogens is 4. The molecule has 0 aromatic heterocycles. The molecule has 0 heterocycles. The number of carboxylic acid groups (broad SMARTS) is 1. The number of carboxylic acids is 1. The van der Waals surface area contributed by atoms with Crippen molar-refractivity contribution >= 4 is 17.6 Å². The lowest BCUT2D eigenvalue weighted by molar-refractivity contribution is -0.484. The summed E-state index contributed by atoms with van der Waals surface area (Å²) in [5.41, 5.74) is -1.87. The normalized spacial score (nSPS) is 13.4. The van der Waals surface area contributed by atoms with E-state index in [1.165, 1.54) is 12.1 Å². The van der Waals surface area contributed by atoms with Crippen LogP contribution in [0, 0.1) is 21.8 Å². The lowest BCUT2D eigenvalue weighted by atomic mass is 9.84. The molecule has 0 spiro atoms. The zero-order valence-electron chi connectivity index (χ0n) is 14.5. The van der Waals surface area contributed by atoms with Crippen LogP contribution in [-0.2, 0) is 15.8 Å². The number of alkyl halides is 3. The van der Waals surface area contributed by atoms with Crippen molar-refractivity contribution in [1.29, 1.82) is 0 Å². The molecule has 0 saturated carbocycles. The second-order valence-corrected chi connectivity index (χ2v) is 6.03. The molecule has 7 nitrogen and oxygen atoms in total. The molecular formula is C18H14F4N2O5. The molecule has 154 valence electrons. The second kappa shape index (κ2) is 8.67. The van der Waals surface area contributed by atoms with Crippen molar-refractivity contribution in [2.24, 2.45) is 5.92 Å². The Hall–Kier alpha value is -3.50. The van der Waals surface area contributed by atoms with E-state index >= 15 is 0 Å². The molecule has 0 saturated heterocycles. The smallest absolute Gasteiger partial charge is 0.416 e. The monoisotopic (exact) mass is 414 g/mol. The van der Waals surface area contributed by atoms with Crippen LogP contribution in [0.3, 0.4) is 0 Å². The average Bonchev–Trinajstić information content (AvgIpc) is 2.62. The Morgan fingerprint density at radius 2 is 1.79 bits per heavy atom. The first-order valence-electron chi connectivity index (χ1n) is 8.08. The SMILES string of the molecule is O=C(O)C(C(=O)Nc1ccccc1F)C(C[N+](=O)[O-])c1cccc(C(F)(F)F)c1. The minimum Gasteiger partial charge on any atom is -0.481 e. The van der Waals surface area contributed by atoms with Gasteiger partial charge in [0.05, 0.1) is 17.2 Å². The maximum atomic E-state index is 13.7. The lowest BCUT2D eigenvalue weighted by Crippen LogP contribution is -2.37. The van der Waals surface area contributed by atoms with E-state index in [1.54, 1.807) is 0 Å². The van der Waals surface area contributed by atoms with E-state index in [-0.39, 0.29) is 11.3 Å².